The lowest BCUT2D eigenvalue weighted by Crippen LogP contribution is -2.37. The van der Waals surface area contributed by atoms with Crippen LogP contribution in [0, 0.1) is 0 Å². The minimum absolute atomic E-state index is 0.335. The summed E-state index contributed by atoms with van der Waals surface area (Å²) in [5, 5.41) is 10.1. The molecule has 4 heteroatoms. The van der Waals surface area contributed by atoms with E-state index in [0.29, 0.717) is 5.75 Å². The zero-order valence-corrected chi connectivity index (χ0v) is 11.3. The summed E-state index contributed by atoms with van der Waals surface area (Å²) in [6.07, 6.45) is 4.23. The predicted molar refractivity (Wildman–Crippen MR) is 75.5 cm³/mol. The first-order valence-corrected chi connectivity index (χ1v) is 7.14. The zero-order chi connectivity index (χ0) is 13.3. The van der Waals surface area contributed by atoms with Crippen molar-refractivity contribution >= 4 is 5.69 Å². The Kier molecular flexibility index (Phi) is 3.37. The zero-order valence-electron chi connectivity index (χ0n) is 11.3. The summed E-state index contributed by atoms with van der Waals surface area (Å²) in [4.78, 5) is 2.30. The number of benzene rings is 1. The van der Waals surface area contributed by atoms with Gasteiger partial charge in [0.2, 0.25) is 0 Å². The third-order valence-electron chi connectivity index (χ3n) is 4.39. The fourth-order valence-electron chi connectivity index (χ4n) is 3.22. The van der Waals surface area contributed by atoms with Crippen LogP contribution in [0.1, 0.15) is 31.2 Å². The summed E-state index contributed by atoms with van der Waals surface area (Å²) in [5.74, 6) is 0.335. The minimum Gasteiger partial charge on any atom is -0.508 e. The number of nitrogens with two attached hydrogens (primary N) is 1. The standard InChI is InChI=1S/C15H22N2O2/c16-15(5-1-2-6-15)13-11-12(3-4-14(13)18)17-7-9-19-10-8-17/h3-4,11,18H,1-2,5-10,16H2. The fourth-order valence-corrected chi connectivity index (χ4v) is 3.22. The maximum absolute atomic E-state index is 10.1. The Morgan fingerprint density at radius 2 is 1.84 bits per heavy atom. The molecule has 3 rings (SSSR count). The van der Waals surface area contributed by atoms with Gasteiger partial charge in [0.1, 0.15) is 5.75 Å². The Hall–Kier alpha value is -1.26. The minimum atomic E-state index is -0.341. The molecule has 0 bridgehead atoms. The van der Waals surface area contributed by atoms with E-state index in [9.17, 15) is 5.11 Å². The average Bonchev–Trinajstić information content (AvgIpc) is 2.88. The second-order valence-electron chi connectivity index (χ2n) is 5.66. The van der Waals surface area contributed by atoms with Crippen molar-refractivity contribution in [2.45, 2.75) is 31.2 Å². The molecule has 1 aromatic carbocycles. The molecule has 104 valence electrons. The summed E-state index contributed by atoms with van der Waals surface area (Å²) in [6.45, 7) is 3.34. The number of hydrogen-bond acceptors (Lipinski definition) is 4. The van der Waals surface area contributed by atoms with Crippen molar-refractivity contribution in [2.75, 3.05) is 31.2 Å². The molecule has 0 radical (unpaired) electrons. The number of phenolic OH excluding ortho intramolecular Hbond substituents is 1. The Balaban J connectivity index is 1.91. The molecule has 2 aliphatic rings. The summed E-state index contributed by atoms with van der Waals surface area (Å²) in [7, 11) is 0. The first kappa shape index (κ1) is 12.8. The number of rotatable bonds is 2. The van der Waals surface area contributed by atoms with Crippen LogP contribution in [0.2, 0.25) is 0 Å². The summed E-state index contributed by atoms with van der Waals surface area (Å²) in [6, 6.07) is 5.83. The number of anilines is 1. The van der Waals surface area contributed by atoms with Gasteiger partial charge in [0.15, 0.2) is 0 Å². The normalized spacial score (nSPS) is 22.7. The molecule has 1 saturated carbocycles. The highest BCUT2D eigenvalue weighted by molar-refractivity contribution is 5.55. The topological polar surface area (TPSA) is 58.7 Å². The quantitative estimate of drug-likeness (QED) is 0.855. The van der Waals surface area contributed by atoms with Crippen LogP contribution in [0.3, 0.4) is 0 Å². The van der Waals surface area contributed by atoms with Crippen molar-refractivity contribution < 1.29 is 9.84 Å². The van der Waals surface area contributed by atoms with Crippen molar-refractivity contribution in [1.29, 1.82) is 0 Å². The third-order valence-corrected chi connectivity index (χ3v) is 4.39. The fraction of sp³-hybridized carbons (Fsp3) is 0.600. The first-order chi connectivity index (χ1) is 9.19. The van der Waals surface area contributed by atoms with Crippen LogP contribution in [-0.4, -0.2) is 31.4 Å². The van der Waals surface area contributed by atoms with Crippen LogP contribution < -0.4 is 10.6 Å². The van der Waals surface area contributed by atoms with Gasteiger partial charge >= 0.3 is 0 Å². The number of nitrogens with zero attached hydrogens (tertiary/aromatic N) is 1. The lowest BCUT2D eigenvalue weighted by Gasteiger charge is -2.31. The number of ether oxygens (including phenoxy) is 1. The van der Waals surface area contributed by atoms with Crippen LogP contribution in [0.25, 0.3) is 0 Å². The van der Waals surface area contributed by atoms with Crippen molar-refractivity contribution in [2.24, 2.45) is 5.73 Å². The Morgan fingerprint density at radius 1 is 1.16 bits per heavy atom. The Bertz CT molecular complexity index is 449. The second-order valence-corrected chi connectivity index (χ2v) is 5.66. The number of morpholine rings is 1. The second kappa shape index (κ2) is 5.02. The van der Waals surface area contributed by atoms with Crippen molar-refractivity contribution in [3.8, 4) is 5.75 Å². The van der Waals surface area contributed by atoms with Crippen LogP contribution in [-0.2, 0) is 10.3 Å². The molecule has 1 aliphatic heterocycles. The molecule has 3 N–H and O–H groups in total. The van der Waals surface area contributed by atoms with Gasteiger partial charge in [0.05, 0.1) is 13.2 Å². The number of hydrogen-bond donors (Lipinski definition) is 2. The van der Waals surface area contributed by atoms with Crippen molar-refractivity contribution in [3.63, 3.8) is 0 Å². The lowest BCUT2D eigenvalue weighted by molar-refractivity contribution is 0.122. The molecule has 2 fully saturated rings. The molecule has 19 heavy (non-hydrogen) atoms. The van der Waals surface area contributed by atoms with E-state index in [4.69, 9.17) is 10.5 Å². The van der Waals surface area contributed by atoms with Crippen molar-refractivity contribution in [1.82, 2.24) is 0 Å². The predicted octanol–water partition coefficient (Wildman–Crippen LogP) is 1.96. The summed E-state index contributed by atoms with van der Waals surface area (Å²) in [5.41, 5.74) is 8.19. The monoisotopic (exact) mass is 262 g/mol. The van der Waals surface area contributed by atoms with Crippen molar-refractivity contribution in [3.05, 3.63) is 23.8 Å². The largest absolute Gasteiger partial charge is 0.508 e. The van der Waals surface area contributed by atoms with E-state index >= 15 is 0 Å². The van der Waals surface area contributed by atoms with Gasteiger partial charge in [-0.15, -0.1) is 0 Å². The van der Waals surface area contributed by atoms with Gasteiger partial charge in [-0.2, -0.15) is 0 Å². The van der Waals surface area contributed by atoms with E-state index in [0.717, 1.165) is 63.2 Å². The van der Waals surface area contributed by atoms with Gasteiger partial charge < -0.3 is 20.5 Å². The number of aromatic hydroxyl groups is 1. The molecule has 0 atom stereocenters. The smallest absolute Gasteiger partial charge is 0.120 e. The van der Waals surface area contributed by atoms with E-state index in [1.54, 1.807) is 6.07 Å². The maximum atomic E-state index is 10.1. The van der Waals surface area contributed by atoms with Gasteiger partial charge in [-0.3, -0.25) is 0 Å². The first-order valence-electron chi connectivity index (χ1n) is 7.14. The van der Waals surface area contributed by atoms with Gasteiger partial charge in [-0.05, 0) is 31.0 Å². The molecular formula is C15H22N2O2. The van der Waals surface area contributed by atoms with Crippen LogP contribution >= 0.6 is 0 Å². The van der Waals surface area contributed by atoms with Crippen LogP contribution in [0.15, 0.2) is 18.2 Å². The lowest BCUT2D eigenvalue weighted by atomic mass is 9.88. The highest BCUT2D eigenvalue weighted by atomic mass is 16.5. The average molecular weight is 262 g/mol. The summed E-state index contributed by atoms with van der Waals surface area (Å²) < 4.78 is 5.38. The van der Waals surface area contributed by atoms with E-state index < -0.39 is 0 Å². The van der Waals surface area contributed by atoms with E-state index in [1.165, 1.54) is 0 Å². The molecule has 0 unspecified atom stereocenters. The van der Waals surface area contributed by atoms with Crippen LogP contribution in [0.5, 0.6) is 5.75 Å². The molecule has 1 saturated heterocycles. The SMILES string of the molecule is NC1(c2cc(N3CCOCC3)ccc2O)CCCC1. The van der Waals surface area contributed by atoms with Crippen LogP contribution in [0.4, 0.5) is 5.69 Å². The molecule has 1 heterocycles. The maximum Gasteiger partial charge on any atom is 0.120 e. The Morgan fingerprint density at radius 3 is 2.53 bits per heavy atom. The molecule has 0 aromatic heterocycles. The Labute approximate surface area is 114 Å². The third kappa shape index (κ3) is 2.42. The van der Waals surface area contributed by atoms with Gasteiger partial charge in [0.25, 0.3) is 0 Å². The number of phenols is 1. The van der Waals surface area contributed by atoms with Gasteiger partial charge in [0, 0.05) is 29.9 Å². The molecule has 1 aromatic rings. The molecule has 0 amide bonds. The van der Waals surface area contributed by atoms with E-state index in [1.807, 2.05) is 6.07 Å². The van der Waals surface area contributed by atoms with E-state index in [2.05, 4.69) is 11.0 Å². The molecule has 0 spiro atoms. The highest BCUT2D eigenvalue weighted by Gasteiger charge is 2.34. The highest BCUT2D eigenvalue weighted by Crippen LogP contribution is 2.41. The molecule has 1 aliphatic carbocycles. The van der Waals surface area contributed by atoms with E-state index in [-0.39, 0.29) is 5.54 Å². The molecular weight excluding hydrogens is 240 g/mol. The molecule has 4 nitrogen and oxygen atoms in total. The summed E-state index contributed by atoms with van der Waals surface area (Å²) >= 11 is 0. The van der Waals surface area contributed by atoms with Gasteiger partial charge in [-0.1, -0.05) is 12.8 Å². The van der Waals surface area contributed by atoms with Gasteiger partial charge in [-0.25, -0.2) is 0 Å².